The molecule has 0 radical (unpaired) electrons. The zero-order valence-corrected chi connectivity index (χ0v) is 10.3. The van der Waals surface area contributed by atoms with Crippen molar-refractivity contribution in [2.75, 3.05) is 5.75 Å². The van der Waals surface area contributed by atoms with Crippen molar-refractivity contribution in [3.05, 3.63) is 15.9 Å². The van der Waals surface area contributed by atoms with Crippen LogP contribution < -0.4 is 10.7 Å². The van der Waals surface area contributed by atoms with Crippen molar-refractivity contribution < 1.29 is 15.0 Å². The van der Waals surface area contributed by atoms with Gasteiger partial charge in [-0.3, -0.25) is 4.79 Å². The molecule has 0 fully saturated rings. The van der Waals surface area contributed by atoms with E-state index in [0.717, 1.165) is 11.8 Å². The second-order valence-corrected chi connectivity index (χ2v) is 4.82. The van der Waals surface area contributed by atoms with Gasteiger partial charge in [0.05, 0.1) is 5.56 Å². The zero-order chi connectivity index (χ0) is 13.0. The molecule has 1 aromatic heterocycles. The van der Waals surface area contributed by atoms with E-state index in [-0.39, 0.29) is 34.7 Å². The number of aromatic nitrogens is 2. The highest BCUT2D eigenvalue weighted by Crippen LogP contribution is 2.21. The molecule has 1 heterocycles. The standard InChI is InChI=1S/C10H14N2O4S/c1-5(2)7-8(15)11-10(12-9(7)16)17-4-3-6(13)14/h5H,3-4H2,1-2H3,(H,13,14)(H2,11,12,15,16)/p-1. The molecule has 94 valence electrons. The highest BCUT2D eigenvalue weighted by molar-refractivity contribution is 7.99. The van der Waals surface area contributed by atoms with Crippen molar-refractivity contribution in [3.8, 4) is 5.88 Å². The molecule has 1 aromatic rings. The summed E-state index contributed by atoms with van der Waals surface area (Å²) in [5, 5.41) is 20.0. The quantitative estimate of drug-likeness (QED) is 0.560. The van der Waals surface area contributed by atoms with Crippen molar-refractivity contribution in [1.82, 2.24) is 9.97 Å². The topological polar surface area (TPSA) is 106 Å². The maximum absolute atomic E-state index is 11.6. The second-order valence-electron chi connectivity index (χ2n) is 3.73. The van der Waals surface area contributed by atoms with E-state index in [1.165, 1.54) is 0 Å². The molecule has 0 aliphatic carbocycles. The molecule has 2 N–H and O–H groups in total. The van der Waals surface area contributed by atoms with Crippen molar-refractivity contribution in [2.24, 2.45) is 0 Å². The van der Waals surface area contributed by atoms with Crippen LogP contribution in [-0.2, 0) is 4.79 Å². The largest absolute Gasteiger partial charge is 0.550 e. The van der Waals surface area contributed by atoms with Gasteiger partial charge in [-0.25, -0.2) is 0 Å². The minimum atomic E-state index is -1.16. The third-order valence-corrected chi connectivity index (χ3v) is 2.91. The van der Waals surface area contributed by atoms with E-state index in [4.69, 9.17) is 0 Å². The van der Waals surface area contributed by atoms with Gasteiger partial charge in [0.15, 0.2) is 5.16 Å². The van der Waals surface area contributed by atoms with Crippen LogP contribution in [0.15, 0.2) is 9.95 Å². The summed E-state index contributed by atoms with van der Waals surface area (Å²) >= 11 is 1.05. The fourth-order valence-electron chi connectivity index (χ4n) is 1.27. The molecule has 0 spiro atoms. The number of aliphatic carboxylic acids is 1. The first-order valence-corrected chi connectivity index (χ1v) is 6.06. The van der Waals surface area contributed by atoms with Gasteiger partial charge in [-0.05, 0) is 12.3 Å². The van der Waals surface area contributed by atoms with Crippen molar-refractivity contribution in [2.45, 2.75) is 31.3 Å². The number of thioether (sulfide) groups is 1. The monoisotopic (exact) mass is 257 g/mol. The normalized spacial score (nSPS) is 10.8. The summed E-state index contributed by atoms with van der Waals surface area (Å²) in [6, 6.07) is 0. The van der Waals surface area contributed by atoms with Crippen molar-refractivity contribution >= 4 is 17.7 Å². The Morgan fingerprint density at radius 1 is 1.59 bits per heavy atom. The fourth-order valence-corrected chi connectivity index (χ4v) is 2.05. The molecule has 0 atom stereocenters. The van der Waals surface area contributed by atoms with Crippen LogP contribution in [0.5, 0.6) is 5.88 Å². The molecule has 0 saturated carbocycles. The van der Waals surface area contributed by atoms with Gasteiger partial charge in [0.25, 0.3) is 5.56 Å². The first kappa shape index (κ1) is 13.6. The smallest absolute Gasteiger partial charge is 0.258 e. The molecule has 0 aliphatic rings. The summed E-state index contributed by atoms with van der Waals surface area (Å²) in [5.41, 5.74) is -0.169. The molecule has 0 aliphatic heterocycles. The lowest BCUT2D eigenvalue weighted by atomic mass is 10.1. The Morgan fingerprint density at radius 2 is 2.24 bits per heavy atom. The van der Waals surface area contributed by atoms with Crippen molar-refractivity contribution in [1.29, 1.82) is 0 Å². The Kier molecular flexibility index (Phi) is 4.56. The lowest BCUT2D eigenvalue weighted by molar-refractivity contribution is -0.305. The zero-order valence-electron chi connectivity index (χ0n) is 9.52. The summed E-state index contributed by atoms with van der Waals surface area (Å²) in [5.74, 6) is -1.37. The van der Waals surface area contributed by atoms with Crippen LogP contribution >= 0.6 is 11.8 Å². The van der Waals surface area contributed by atoms with Crippen LogP contribution in [0.25, 0.3) is 0 Å². The molecular weight excluding hydrogens is 244 g/mol. The van der Waals surface area contributed by atoms with Crippen LogP contribution in [0.3, 0.4) is 0 Å². The minimum absolute atomic E-state index is 0.131. The van der Waals surface area contributed by atoms with E-state index < -0.39 is 11.5 Å². The predicted molar refractivity (Wildman–Crippen MR) is 61.0 cm³/mol. The Balaban J connectivity index is 2.84. The van der Waals surface area contributed by atoms with E-state index in [1.54, 1.807) is 13.8 Å². The number of aromatic amines is 1. The van der Waals surface area contributed by atoms with Gasteiger partial charge in [0.2, 0.25) is 5.88 Å². The Bertz CT molecular complexity index is 470. The van der Waals surface area contributed by atoms with E-state index in [9.17, 15) is 19.8 Å². The minimum Gasteiger partial charge on any atom is -0.550 e. The number of rotatable bonds is 5. The van der Waals surface area contributed by atoms with E-state index in [1.807, 2.05) is 0 Å². The number of H-pyrrole nitrogens is 1. The van der Waals surface area contributed by atoms with Crippen LogP contribution in [0.2, 0.25) is 0 Å². The lowest BCUT2D eigenvalue weighted by Crippen LogP contribution is -2.22. The third-order valence-electron chi connectivity index (χ3n) is 2.04. The number of nitrogens with zero attached hydrogens (tertiary/aromatic N) is 1. The summed E-state index contributed by atoms with van der Waals surface area (Å²) in [6.45, 7) is 3.55. The van der Waals surface area contributed by atoms with Gasteiger partial charge in [-0.2, -0.15) is 4.98 Å². The third kappa shape index (κ3) is 3.77. The highest BCUT2D eigenvalue weighted by Gasteiger charge is 2.13. The Morgan fingerprint density at radius 3 is 2.71 bits per heavy atom. The highest BCUT2D eigenvalue weighted by atomic mass is 32.2. The Hall–Kier alpha value is -1.50. The second kappa shape index (κ2) is 5.72. The lowest BCUT2D eigenvalue weighted by Gasteiger charge is -2.07. The number of carboxylic acids is 1. The molecule has 1 rings (SSSR count). The number of carbonyl (C=O) groups is 1. The molecule has 7 heteroatoms. The van der Waals surface area contributed by atoms with Crippen LogP contribution in [0.1, 0.15) is 31.7 Å². The number of carbonyl (C=O) groups excluding carboxylic acids is 1. The molecule has 0 aromatic carbocycles. The summed E-state index contributed by atoms with van der Waals surface area (Å²) in [6.07, 6.45) is -0.138. The average Bonchev–Trinajstić information content (AvgIpc) is 2.14. The van der Waals surface area contributed by atoms with Gasteiger partial charge in [-0.1, -0.05) is 25.6 Å². The van der Waals surface area contributed by atoms with E-state index >= 15 is 0 Å². The van der Waals surface area contributed by atoms with E-state index in [2.05, 4.69) is 9.97 Å². The van der Waals surface area contributed by atoms with Gasteiger partial charge in [0, 0.05) is 11.7 Å². The van der Waals surface area contributed by atoms with Gasteiger partial charge < -0.3 is 20.0 Å². The van der Waals surface area contributed by atoms with E-state index in [0.29, 0.717) is 0 Å². The molecule has 0 unspecified atom stereocenters. The summed E-state index contributed by atoms with van der Waals surface area (Å²) < 4.78 is 0. The molecule has 0 bridgehead atoms. The summed E-state index contributed by atoms with van der Waals surface area (Å²) in [4.78, 5) is 28.1. The fraction of sp³-hybridized carbons (Fsp3) is 0.500. The molecule has 0 saturated heterocycles. The number of aromatic hydroxyl groups is 1. The van der Waals surface area contributed by atoms with Crippen molar-refractivity contribution in [3.63, 3.8) is 0 Å². The number of hydrogen-bond donors (Lipinski definition) is 2. The number of carboxylic acid groups (broad SMARTS) is 1. The molecule has 6 nitrogen and oxygen atoms in total. The van der Waals surface area contributed by atoms with Crippen LogP contribution in [0.4, 0.5) is 0 Å². The molecule has 0 amide bonds. The molecular formula is C10H13N2O4S-. The number of nitrogens with one attached hydrogen (secondary N) is 1. The first-order valence-electron chi connectivity index (χ1n) is 5.07. The van der Waals surface area contributed by atoms with Gasteiger partial charge in [-0.15, -0.1) is 0 Å². The SMILES string of the molecule is CC(C)c1c(O)nc(SCCC(=O)[O-])[nH]c1=O. The van der Waals surface area contributed by atoms with Gasteiger partial charge >= 0.3 is 0 Å². The maximum atomic E-state index is 11.6. The van der Waals surface area contributed by atoms with Crippen LogP contribution in [-0.4, -0.2) is 26.8 Å². The van der Waals surface area contributed by atoms with Gasteiger partial charge in [0.1, 0.15) is 0 Å². The first-order chi connectivity index (χ1) is 7.91. The average molecular weight is 257 g/mol. The van der Waals surface area contributed by atoms with Crippen LogP contribution in [0, 0.1) is 0 Å². The maximum Gasteiger partial charge on any atom is 0.258 e. The summed E-state index contributed by atoms with van der Waals surface area (Å²) in [7, 11) is 0. The Labute approximate surface area is 102 Å². The number of hydrogen-bond acceptors (Lipinski definition) is 6. The molecule has 17 heavy (non-hydrogen) atoms. The predicted octanol–water partition coefficient (Wildman–Crippen LogP) is -0.169.